The van der Waals surface area contributed by atoms with E-state index in [1.54, 1.807) is 29.2 Å². The minimum absolute atomic E-state index is 0.0995. The first-order valence-electron chi connectivity index (χ1n) is 9.26. The van der Waals surface area contributed by atoms with Gasteiger partial charge in [-0.2, -0.15) is 0 Å². The Kier molecular flexibility index (Phi) is 5.02. The summed E-state index contributed by atoms with van der Waals surface area (Å²) in [6.07, 6.45) is 0.156. The summed E-state index contributed by atoms with van der Waals surface area (Å²) >= 11 is 1.43. The number of para-hydroxylation sites is 1. The summed E-state index contributed by atoms with van der Waals surface area (Å²) in [4.78, 5) is 42.4. The van der Waals surface area contributed by atoms with Crippen LogP contribution in [-0.2, 0) is 14.4 Å². The van der Waals surface area contributed by atoms with Crippen LogP contribution in [0.3, 0.4) is 0 Å². The third kappa shape index (κ3) is 3.97. The van der Waals surface area contributed by atoms with Crippen LogP contribution in [0.15, 0.2) is 42.5 Å². The second kappa shape index (κ2) is 7.63. The van der Waals surface area contributed by atoms with E-state index in [0.29, 0.717) is 23.1 Å². The minimum Gasteiger partial charge on any atom is -0.326 e. The molecule has 1 atom stereocenters. The highest BCUT2D eigenvalue weighted by Crippen LogP contribution is 2.30. The first kappa shape index (κ1) is 19.1. The molecule has 0 saturated carbocycles. The molecule has 2 aromatic carbocycles. The fraction of sp³-hybridized carbons (Fsp3) is 0.238. The molecule has 7 nitrogen and oxygen atoms in total. The molecule has 4 rings (SSSR count). The average Bonchev–Trinajstić information content (AvgIpc) is 3.26. The van der Waals surface area contributed by atoms with Crippen LogP contribution >= 0.6 is 11.3 Å². The zero-order chi connectivity index (χ0) is 20.5. The van der Waals surface area contributed by atoms with E-state index < -0.39 is 5.92 Å². The van der Waals surface area contributed by atoms with Gasteiger partial charge in [0.15, 0.2) is 5.13 Å². The van der Waals surface area contributed by atoms with Crippen molar-refractivity contribution < 1.29 is 14.4 Å². The molecule has 2 heterocycles. The molecule has 1 fully saturated rings. The Bertz CT molecular complexity index is 1110. The van der Waals surface area contributed by atoms with Gasteiger partial charge in [-0.1, -0.05) is 23.5 Å². The Balaban J connectivity index is 1.44. The summed E-state index contributed by atoms with van der Waals surface area (Å²) in [5.74, 6) is -0.896. The van der Waals surface area contributed by atoms with Crippen LogP contribution in [0.1, 0.15) is 18.9 Å². The van der Waals surface area contributed by atoms with Crippen molar-refractivity contribution in [2.24, 2.45) is 5.92 Å². The van der Waals surface area contributed by atoms with Gasteiger partial charge in [0, 0.05) is 31.3 Å². The van der Waals surface area contributed by atoms with E-state index in [2.05, 4.69) is 15.6 Å². The molecule has 8 heteroatoms. The molecular weight excluding hydrogens is 388 g/mol. The summed E-state index contributed by atoms with van der Waals surface area (Å²) < 4.78 is 1.02. The maximum atomic E-state index is 12.7. The molecule has 3 aromatic rings. The number of carbonyl (C=O) groups is 3. The monoisotopic (exact) mass is 408 g/mol. The van der Waals surface area contributed by atoms with E-state index in [1.807, 2.05) is 25.1 Å². The fourth-order valence-corrected chi connectivity index (χ4v) is 4.35. The second-order valence-electron chi connectivity index (χ2n) is 7.06. The number of hydrogen-bond acceptors (Lipinski definition) is 5. The standard InChI is InChI=1S/C21H20N4O3S/c1-12-4-3-5-17-19(12)23-21(29-17)24-20(28)14-10-18(27)25(11-14)16-8-6-15(7-9-16)22-13(2)26/h3-9,14H,10-11H2,1-2H3,(H,22,26)(H,23,24,28). The largest absolute Gasteiger partial charge is 0.326 e. The van der Waals surface area contributed by atoms with Crippen LogP contribution in [-0.4, -0.2) is 29.3 Å². The minimum atomic E-state index is -0.439. The third-order valence-electron chi connectivity index (χ3n) is 4.85. The number of aryl methyl sites for hydroxylation is 1. The number of amides is 3. The van der Waals surface area contributed by atoms with Crippen LogP contribution in [0.4, 0.5) is 16.5 Å². The van der Waals surface area contributed by atoms with E-state index >= 15 is 0 Å². The Morgan fingerprint density at radius 3 is 2.59 bits per heavy atom. The predicted molar refractivity (Wildman–Crippen MR) is 114 cm³/mol. The van der Waals surface area contributed by atoms with Gasteiger partial charge in [-0.05, 0) is 42.8 Å². The average molecular weight is 408 g/mol. The van der Waals surface area contributed by atoms with Gasteiger partial charge < -0.3 is 15.5 Å². The van der Waals surface area contributed by atoms with E-state index in [1.165, 1.54) is 18.3 Å². The molecule has 3 amide bonds. The maximum absolute atomic E-state index is 12.7. The first-order chi connectivity index (χ1) is 13.9. The quantitative estimate of drug-likeness (QED) is 0.691. The Hall–Kier alpha value is -3.26. The molecule has 2 N–H and O–H groups in total. The molecule has 1 aliphatic heterocycles. The first-order valence-corrected chi connectivity index (χ1v) is 10.1. The summed E-state index contributed by atoms with van der Waals surface area (Å²) in [6.45, 7) is 3.74. The molecule has 1 saturated heterocycles. The van der Waals surface area contributed by atoms with E-state index in [9.17, 15) is 14.4 Å². The lowest BCUT2D eigenvalue weighted by atomic mass is 10.1. The predicted octanol–water partition coefficient (Wildman–Crippen LogP) is 3.55. The molecule has 148 valence electrons. The van der Waals surface area contributed by atoms with Crippen molar-refractivity contribution in [3.05, 3.63) is 48.0 Å². The summed E-state index contributed by atoms with van der Waals surface area (Å²) in [5.41, 5.74) is 3.31. The number of aromatic nitrogens is 1. The van der Waals surface area contributed by atoms with Crippen molar-refractivity contribution in [3.63, 3.8) is 0 Å². The number of nitrogens with zero attached hydrogens (tertiary/aromatic N) is 2. The van der Waals surface area contributed by atoms with E-state index in [-0.39, 0.29) is 24.1 Å². The maximum Gasteiger partial charge on any atom is 0.231 e. The van der Waals surface area contributed by atoms with Gasteiger partial charge in [0.25, 0.3) is 0 Å². The number of anilines is 3. The van der Waals surface area contributed by atoms with Gasteiger partial charge in [0.05, 0.1) is 16.1 Å². The molecule has 0 aliphatic carbocycles. The molecule has 29 heavy (non-hydrogen) atoms. The van der Waals surface area contributed by atoms with Gasteiger partial charge in [0.1, 0.15) is 0 Å². The number of thiazole rings is 1. The Labute approximate surface area is 171 Å². The van der Waals surface area contributed by atoms with Gasteiger partial charge in [-0.3, -0.25) is 14.4 Å². The van der Waals surface area contributed by atoms with Gasteiger partial charge in [-0.15, -0.1) is 0 Å². The van der Waals surface area contributed by atoms with Crippen LogP contribution in [0.25, 0.3) is 10.2 Å². The molecule has 1 aliphatic rings. The molecule has 0 spiro atoms. The zero-order valence-corrected chi connectivity index (χ0v) is 16.9. The van der Waals surface area contributed by atoms with Crippen molar-refractivity contribution in [1.82, 2.24) is 4.98 Å². The van der Waals surface area contributed by atoms with E-state index in [4.69, 9.17) is 0 Å². The third-order valence-corrected chi connectivity index (χ3v) is 5.78. The SMILES string of the molecule is CC(=O)Nc1ccc(N2CC(C(=O)Nc3nc4c(C)cccc4s3)CC2=O)cc1. The summed E-state index contributed by atoms with van der Waals surface area (Å²) in [7, 11) is 0. The van der Waals surface area contributed by atoms with Crippen molar-refractivity contribution in [2.75, 3.05) is 22.1 Å². The van der Waals surface area contributed by atoms with Crippen molar-refractivity contribution in [2.45, 2.75) is 20.3 Å². The lowest BCUT2D eigenvalue weighted by Crippen LogP contribution is -2.28. The van der Waals surface area contributed by atoms with Crippen molar-refractivity contribution in [3.8, 4) is 0 Å². The number of rotatable bonds is 4. The van der Waals surface area contributed by atoms with Gasteiger partial charge >= 0.3 is 0 Å². The van der Waals surface area contributed by atoms with Crippen molar-refractivity contribution >= 4 is 55.8 Å². The summed E-state index contributed by atoms with van der Waals surface area (Å²) in [6, 6.07) is 12.9. The highest BCUT2D eigenvalue weighted by Gasteiger charge is 2.35. The van der Waals surface area contributed by atoms with Crippen molar-refractivity contribution in [1.29, 1.82) is 0 Å². The molecule has 1 unspecified atom stereocenters. The lowest BCUT2D eigenvalue weighted by molar-refractivity contribution is -0.122. The molecule has 0 bridgehead atoms. The van der Waals surface area contributed by atoms with Gasteiger partial charge in [-0.25, -0.2) is 4.98 Å². The zero-order valence-electron chi connectivity index (χ0n) is 16.1. The number of fused-ring (bicyclic) bond motifs is 1. The molecule has 0 radical (unpaired) electrons. The number of hydrogen-bond donors (Lipinski definition) is 2. The van der Waals surface area contributed by atoms with Crippen LogP contribution < -0.4 is 15.5 Å². The fourth-order valence-electron chi connectivity index (χ4n) is 3.41. The topological polar surface area (TPSA) is 91.4 Å². The van der Waals surface area contributed by atoms with E-state index in [0.717, 1.165) is 15.8 Å². The number of benzene rings is 2. The van der Waals surface area contributed by atoms with Crippen LogP contribution in [0, 0.1) is 12.8 Å². The smallest absolute Gasteiger partial charge is 0.231 e. The lowest BCUT2D eigenvalue weighted by Gasteiger charge is -2.17. The Morgan fingerprint density at radius 1 is 1.14 bits per heavy atom. The normalized spacial score (nSPS) is 16.3. The Morgan fingerprint density at radius 2 is 1.90 bits per heavy atom. The number of nitrogens with one attached hydrogen (secondary N) is 2. The highest BCUT2D eigenvalue weighted by atomic mass is 32.1. The summed E-state index contributed by atoms with van der Waals surface area (Å²) in [5, 5.41) is 6.10. The van der Waals surface area contributed by atoms with Crippen LogP contribution in [0.2, 0.25) is 0 Å². The number of carbonyl (C=O) groups excluding carboxylic acids is 3. The molecular formula is C21H20N4O3S. The van der Waals surface area contributed by atoms with Gasteiger partial charge in [0.2, 0.25) is 17.7 Å². The second-order valence-corrected chi connectivity index (χ2v) is 8.09. The molecule has 1 aromatic heterocycles. The van der Waals surface area contributed by atoms with Crippen LogP contribution in [0.5, 0.6) is 0 Å². The highest BCUT2D eigenvalue weighted by molar-refractivity contribution is 7.22.